The van der Waals surface area contributed by atoms with Gasteiger partial charge in [-0.25, -0.2) is 0 Å². The second-order valence-corrected chi connectivity index (χ2v) is 4.40. The van der Waals surface area contributed by atoms with Crippen LogP contribution in [0.4, 0.5) is 5.69 Å². The van der Waals surface area contributed by atoms with Crippen LogP contribution in [0.1, 0.15) is 11.1 Å². The van der Waals surface area contributed by atoms with Gasteiger partial charge in [-0.15, -0.1) is 0 Å². The molecule has 1 aromatic carbocycles. The van der Waals surface area contributed by atoms with Gasteiger partial charge in [-0.3, -0.25) is 4.48 Å². The van der Waals surface area contributed by atoms with E-state index in [4.69, 9.17) is 0 Å². The summed E-state index contributed by atoms with van der Waals surface area (Å²) in [5.74, 6) is 0. The standard InChI is InChI=1S/C11H13BrN/c1-13(2)7-6-10-9(8-12)4-3-5-11(10)13/h3-7H,8H2,1-2H3/q+1. The topological polar surface area (TPSA) is 0 Å². The number of fused-ring (bicyclic) bond motifs is 1. The molecule has 0 aliphatic carbocycles. The molecule has 1 aromatic rings. The van der Waals surface area contributed by atoms with Crippen LogP contribution in [0, 0.1) is 0 Å². The Morgan fingerprint density at radius 1 is 1.31 bits per heavy atom. The number of alkyl halides is 1. The molecule has 0 aromatic heterocycles. The predicted octanol–water partition coefficient (Wildman–Crippen LogP) is 3.13. The zero-order valence-electron chi connectivity index (χ0n) is 7.92. The Kier molecular flexibility index (Phi) is 2.05. The molecule has 0 N–H and O–H groups in total. The lowest BCUT2D eigenvalue weighted by atomic mass is 10.1. The van der Waals surface area contributed by atoms with Gasteiger partial charge in [0, 0.05) is 23.0 Å². The molecular weight excluding hydrogens is 226 g/mol. The van der Waals surface area contributed by atoms with E-state index in [9.17, 15) is 0 Å². The Balaban J connectivity index is 2.62. The summed E-state index contributed by atoms with van der Waals surface area (Å²) in [4.78, 5) is 0. The Bertz CT molecular complexity index is 366. The van der Waals surface area contributed by atoms with Crippen LogP contribution in [-0.2, 0) is 5.33 Å². The molecular formula is C11H13BrN+. The highest BCUT2D eigenvalue weighted by atomic mass is 79.9. The molecule has 1 aliphatic rings. The van der Waals surface area contributed by atoms with Crippen LogP contribution in [0.5, 0.6) is 0 Å². The Morgan fingerprint density at radius 2 is 2.08 bits per heavy atom. The second-order valence-electron chi connectivity index (χ2n) is 3.84. The monoisotopic (exact) mass is 238 g/mol. The van der Waals surface area contributed by atoms with Crippen molar-refractivity contribution in [3.63, 3.8) is 0 Å². The van der Waals surface area contributed by atoms with Crippen molar-refractivity contribution in [2.75, 3.05) is 14.1 Å². The first kappa shape index (κ1) is 8.97. The molecule has 0 bridgehead atoms. The van der Waals surface area contributed by atoms with Crippen molar-refractivity contribution in [3.8, 4) is 0 Å². The number of halogens is 1. The third-order valence-electron chi connectivity index (χ3n) is 2.55. The van der Waals surface area contributed by atoms with E-state index in [2.05, 4.69) is 60.5 Å². The zero-order valence-corrected chi connectivity index (χ0v) is 9.51. The van der Waals surface area contributed by atoms with Crippen LogP contribution in [0.3, 0.4) is 0 Å². The third-order valence-corrected chi connectivity index (χ3v) is 3.16. The van der Waals surface area contributed by atoms with E-state index in [1.165, 1.54) is 16.8 Å². The van der Waals surface area contributed by atoms with Crippen molar-refractivity contribution in [2.24, 2.45) is 0 Å². The van der Waals surface area contributed by atoms with E-state index >= 15 is 0 Å². The van der Waals surface area contributed by atoms with E-state index in [1.807, 2.05) is 0 Å². The molecule has 0 saturated carbocycles. The lowest BCUT2D eigenvalue weighted by Gasteiger charge is -2.21. The van der Waals surface area contributed by atoms with Crippen molar-refractivity contribution in [1.82, 2.24) is 4.48 Å². The second kappa shape index (κ2) is 2.96. The largest absolute Gasteiger partial charge is 0.269 e. The average molecular weight is 239 g/mol. The molecule has 1 aliphatic heterocycles. The van der Waals surface area contributed by atoms with Crippen LogP contribution in [-0.4, -0.2) is 14.1 Å². The Morgan fingerprint density at radius 3 is 2.77 bits per heavy atom. The van der Waals surface area contributed by atoms with Gasteiger partial charge < -0.3 is 0 Å². The van der Waals surface area contributed by atoms with E-state index in [0.717, 1.165) is 9.81 Å². The fourth-order valence-corrected chi connectivity index (χ4v) is 2.24. The summed E-state index contributed by atoms with van der Waals surface area (Å²) in [5, 5.41) is 0.931. The lowest BCUT2D eigenvalue weighted by Crippen LogP contribution is -2.31. The van der Waals surface area contributed by atoms with Gasteiger partial charge in [0.25, 0.3) is 0 Å². The predicted molar refractivity (Wildman–Crippen MR) is 61.7 cm³/mol. The summed E-state index contributed by atoms with van der Waals surface area (Å²) < 4.78 is 0.857. The van der Waals surface area contributed by atoms with E-state index in [-0.39, 0.29) is 0 Å². The minimum Gasteiger partial charge on any atom is -0.269 e. The summed E-state index contributed by atoms with van der Waals surface area (Å²) in [6.07, 6.45) is 4.43. The van der Waals surface area contributed by atoms with Gasteiger partial charge in [0.1, 0.15) is 11.9 Å². The number of nitrogens with zero attached hydrogens (tertiary/aromatic N) is 1. The summed E-state index contributed by atoms with van der Waals surface area (Å²) in [6, 6.07) is 6.49. The molecule has 0 saturated heterocycles. The smallest absolute Gasteiger partial charge is 0.144 e. The number of benzene rings is 1. The van der Waals surface area contributed by atoms with Gasteiger partial charge in [-0.2, -0.15) is 0 Å². The van der Waals surface area contributed by atoms with Gasteiger partial charge in [-0.05, 0) is 5.56 Å². The van der Waals surface area contributed by atoms with Gasteiger partial charge in [0.2, 0.25) is 0 Å². The molecule has 0 amide bonds. The molecule has 0 radical (unpaired) electrons. The summed E-state index contributed by atoms with van der Waals surface area (Å²) >= 11 is 3.51. The molecule has 2 rings (SSSR count). The fourth-order valence-electron chi connectivity index (χ4n) is 1.75. The van der Waals surface area contributed by atoms with Gasteiger partial charge in [0.05, 0.1) is 14.1 Å². The lowest BCUT2D eigenvalue weighted by molar-refractivity contribution is 0.551. The van der Waals surface area contributed by atoms with Crippen molar-refractivity contribution in [3.05, 3.63) is 35.5 Å². The maximum atomic E-state index is 3.51. The SMILES string of the molecule is C[N+]1(C)C=Cc2c(CBr)cccc21. The van der Waals surface area contributed by atoms with Crippen LogP contribution < -0.4 is 4.48 Å². The molecule has 2 heteroatoms. The first-order valence-electron chi connectivity index (χ1n) is 4.36. The highest BCUT2D eigenvalue weighted by Crippen LogP contribution is 2.35. The van der Waals surface area contributed by atoms with E-state index in [1.54, 1.807) is 0 Å². The number of hydrogen-bond donors (Lipinski definition) is 0. The molecule has 68 valence electrons. The highest BCUT2D eigenvalue weighted by molar-refractivity contribution is 9.08. The Labute approximate surface area is 87.4 Å². The zero-order chi connectivity index (χ0) is 9.47. The summed E-state index contributed by atoms with van der Waals surface area (Å²) in [7, 11) is 4.39. The summed E-state index contributed by atoms with van der Waals surface area (Å²) in [6.45, 7) is 0. The maximum Gasteiger partial charge on any atom is 0.144 e. The molecule has 13 heavy (non-hydrogen) atoms. The molecule has 0 spiro atoms. The minimum absolute atomic E-state index is 0.857. The van der Waals surface area contributed by atoms with Crippen molar-refractivity contribution in [2.45, 2.75) is 5.33 Å². The minimum atomic E-state index is 0.857. The molecule has 0 unspecified atom stereocenters. The Hall–Kier alpha value is -0.600. The third kappa shape index (κ3) is 1.34. The van der Waals surface area contributed by atoms with E-state index < -0.39 is 0 Å². The number of rotatable bonds is 1. The quantitative estimate of drug-likeness (QED) is 0.521. The molecule has 1 nitrogen and oxygen atoms in total. The molecule has 0 atom stereocenters. The van der Waals surface area contributed by atoms with Crippen LogP contribution in [0.2, 0.25) is 0 Å². The van der Waals surface area contributed by atoms with Crippen molar-refractivity contribution < 1.29 is 0 Å². The van der Waals surface area contributed by atoms with Gasteiger partial charge in [-0.1, -0.05) is 28.1 Å². The summed E-state index contributed by atoms with van der Waals surface area (Å²) in [5.41, 5.74) is 4.14. The fraction of sp³-hybridized carbons (Fsp3) is 0.273. The highest BCUT2D eigenvalue weighted by Gasteiger charge is 2.26. The van der Waals surface area contributed by atoms with Crippen LogP contribution in [0.25, 0.3) is 6.08 Å². The van der Waals surface area contributed by atoms with E-state index in [0.29, 0.717) is 0 Å². The van der Waals surface area contributed by atoms with Crippen molar-refractivity contribution >= 4 is 27.7 Å². The average Bonchev–Trinajstić information content (AvgIpc) is 2.43. The first-order chi connectivity index (χ1) is 6.15. The van der Waals surface area contributed by atoms with Crippen LogP contribution in [0.15, 0.2) is 24.4 Å². The molecule has 1 heterocycles. The van der Waals surface area contributed by atoms with Crippen LogP contribution >= 0.6 is 15.9 Å². The van der Waals surface area contributed by atoms with Crippen molar-refractivity contribution in [1.29, 1.82) is 0 Å². The van der Waals surface area contributed by atoms with Gasteiger partial charge >= 0.3 is 0 Å². The molecule has 0 fully saturated rings. The number of quaternary nitrogens is 1. The number of hydrogen-bond acceptors (Lipinski definition) is 0. The maximum absolute atomic E-state index is 3.51. The first-order valence-corrected chi connectivity index (χ1v) is 5.48. The normalized spacial score (nSPS) is 17.5. The van der Waals surface area contributed by atoms with Gasteiger partial charge in [0.15, 0.2) is 0 Å².